The van der Waals surface area contributed by atoms with Crippen molar-refractivity contribution in [1.29, 1.82) is 0 Å². The Balaban J connectivity index is 3.49. The first-order valence-electron chi connectivity index (χ1n) is 15.7. The molecule has 0 radical (unpaired) electrons. The highest BCUT2D eigenvalue weighted by atomic mass is 16.3. The molecule has 0 amide bonds. The number of hydrogen-bond donors (Lipinski definition) is 1. The molecule has 0 saturated carbocycles. The van der Waals surface area contributed by atoms with Crippen molar-refractivity contribution in [2.24, 2.45) is 0 Å². The summed E-state index contributed by atoms with van der Waals surface area (Å²) in [6, 6.07) is 2.32. The molecular formula is C33H61NO2. The van der Waals surface area contributed by atoms with Crippen LogP contribution in [0.5, 0.6) is 0 Å². The third-order valence-electron chi connectivity index (χ3n) is 8.60. The number of aliphatic hydroxyl groups excluding tert-OH is 1. The van der Waals surface area contributed by atoms with Crippen LogP contribution < -0.4 is 5.56 Å². The van der Waals surface area contributed by atoms with Gasteiger partial charge >= 0.3 is 0 Å². The van der Waals surface area contributed by atoms with Gasteiger partial charge in [-0.05, 0) is 48.1 Å². The Hall–Kier alpha value is -1.09. The molecule has 0 aliphatic carbocycles. The van der Waals surface area contributed by atoms with E-state index in [1.54, 1.807) is 0 Å². The summed E-state index contributed by atoms with van der Waals surface area (Å²) < 4.78 is 1.84. The lowest BCUT2D eigenvalue weighted by Gasteiger charge is -2.35. The lowest BCUT2D eigenvalue weighted by Crippen LogP contribution is -2.37. The van der Waals surface area contributed by atoms with Gasteiger partial charge in [0.25, 0.3) is 5.56 Å². The predicted molar refractivity (Wildman–Crippen MR) is 158 cm³/mol. The van der Waals surface area contributed by atoms with Crippen LogP contribution in [0.3, 0.4) is 0 Å². The van der Waals surface area contributed by atoms with Crippen molar-refractivity contribution in [3.8, 4) is 0 Å². The van der Waals surface area contributed by atoms with Crippen LogP contribution in [0.4, 0.5) is 0 Å². The first kappa shape index (κ1) is 32.9. The van der Waals surface area contributed by atoms with Crippen LogP contribution in [-0.2, 0) is 17.4 Å². The third-order valence-corrected chi connectivity index (χ3v) is 8.60. The highest BCUT2D eigenvalue weighted by Gasteiger charge is 2.33. The van der Waals surface area contributed by atoms with E-state index in [0.717, 1.165) is 31.2 Å². The Morgan fingerprint density at radius 1 is 0.667 bits per heavy atom. The monoisotopic (exact) mass is 503 g/mol. The fourth-order valence-electron chi connectivity index (χ4n) is 5.87. The molecule has 0 aliphatic heterocycles. The van der Waals surface area contributed by atoms with E-state index in [9.17, 15) is 9.90 Å². The normalized spacial score (nSPS) is 13.8. The molecule has 1 aromatic heterocycles. The topological polar surface area (TPSA) is 42.2 Å². The Morgan fingerprint density at radius 3 is 1.56 bits per heavy atom. The minimum absolute atomic E-state index is 0.00862. The fraction of sp³-hybridized carbons (Fsp3) is 0.848. The maximum Gasteiger partial charge on any atom is 0.254 e. The smallest absolute Gasteiger partial charge is 0.254 e. The van der Waals surface area contributed by atoms with Crippen LogP contribution >= 0.6 is 0 Å². The maximum absolute atomic E-state index is 13.8. The van der Waals surface area contributed by atoms with Gasteiger partial charge in [-0.1, -0.05) is 131 Å². The molecule has 1 aromatic rings. The Kier molecular flexibility index (Phi) is 16.7. The standard InChI is InChI=1S/C33H61NO2/c1-7-11-15-18-22-32(5,23-19-16-12-8-2)29-27-30(31(36)34(28-29)25-26-35)33(6,21-14-10-4)24-20-17-13-9-3/h27-28,35H,7-26H2,1-6H3. The molecular weight excluding hydrogens is 442 g/mol. The second-order valence-electron chi connectivity index (χ2n) is 12.0. The SMILES string of the molecule is CCCCCCC(C)(CCCCCC)c1cc(C(C)(CCCC)CCCCCC)c(=O)n(CCO)c1. The molecule has 0 saturated heterocycles. The summed E-state index contributed by atoms with van der Waals surface area (Å²) >= 11 is 0. The van der Waals surface area contributed by atoms with Gasteiger partial charge in [-0.25, -0.2) is 0 Å². The average molecular weight is 504 g/mol. The highest BCUT2D eigenvalue weighted by molar-refractivity contribution is 5.32. The van der Waals surface area contributed by atoms with Crippen LogP contribution in [0.25, 0.3) is 0 Å². The van der Waals surface area contributed by atoms with Gasteiger partial charge in [-0.15, -0.1) is 0 Å². The Bertz CT molecular complexity index is 741. The van der Waals surface area contributed by atoms with Crippen LogP contribution in [0.1, 0.15) is 168 Å². The zero-order valence-electron chi connectivity index (χ0n) is 25.1. The number of pyridine rings is 1. The number of aromatic nitrogens is 1. The largest absolute Gasteiger partial charge is 0.395 e. The second-order valence-corrected chi connectivity index (χ2v) is 12.0. The summed E-state index contributed by atoms with van der Waals surface area (Å²) in [6.07, 6.45) is 24.0. The second kappa shape index (κ2) is 18.2. The number of hydrogen-bond acceptors (Lipinski definition) is 2. The molecule has 1 heterocycles. The van der Waals surface area contributed by atoms with Crippen molar-refractivity contribution in [2.45, 2.75) is 174 Å². The van der Waals surface area contributed by atoms with E-state index in [-0.39, 0.29) is 23.0 Å². The van der Waals surface area contributed by atoms with Crippen LogP contribution in [0.2, 0.25) is 0 Å². The Labute approximate surface area is 224 Å². The molecule has 0 aromatic carbocycles. The molecule has 1 rings (SSSR count). The van der Waals surface area contributed by atoms with Crippen molar-refractivity contribution < 1.29 is 5.11 Å². The van der Waals surface area contributed by atoms with E-state index in [1.165, 1.54) is 95.5 Å². The van der Waals surface area contributed by atoms with Gasteiger partial charge in [0.05, 0.1) is 6.61 Å². The molecule has 36 heavy (non-hydrogen) atoms. The van der Waals surface area contributed by atoms with Crippen LogP contribution in [-0.4, -0.2) is 16.3 Å². The molecule has 1 atom stereocenters. The summed E-state index contributed by atoms with van der Waals surface area (Å²) in [6.45, 7) is 14.3. The zero-order valence-corrected chi connectivity index (χ0v) is 25.1. The van der Waals surface area contributed by atoms with Crippen molar-refractivity contribution in [1.82, 2.24) is 4.57 Å². The van der Waals surface area contributed by atoms with Crippen molar-refractivity contribution in [2.75, 3.05) is 6.61 Å². The first-order valence-corrected chi connectivity index (χ1v) is 15.7. The number of unbranched alkanes of at least 4 members (excludes halogenated alkanes) is 10. The highest BCUT2D eigenvalue weighted by Crippen LogP contribution is 2.39. The third kappa shape index (κ3) is 10.7. The first-order chi connectivity index (χ1) is 17.3. The lowest BCUT2D eigenvalue weighted by molar-refractivity contribution is 0.271. The minimum atomic E-state index is -0.0978. The zero-order chi connectivity index (χ0) is 26.9. The molecule has 0 aliphatic rings. The summed E-state index contributed by atoms with van der Waals surface area (Å²) in [5.74, 6) is 0. The fourth-order valence-corrected chi connectivity index (χ4v) is 5.87. The van der Waals surface area contributed by atoms with Gasteiger partial charge in [0.2, 0.25) is 0 Å². The van der Waals surface area contributed by atoms with Crippen molar-refractivity contribution in [3.05, 3.63) is 33.7 Å². The summed E-state index contributed by atoms with van der Waals surface area (Å²) in [5, 5.41) is 9.81. The minimum Gasteiger partial charge on any atom is -0.395 e. The van der Waals surface area contributed by atoms with Gasteiger partial charge in [-0.3, -0.25) is 4.79 Å². The van der Waals surface area contributed by atoms with E-state index in [4.69, 9.17) is 0 Å². The number of aliphatic hydroxyl groups is 1. The van der Waals surface area contributed by atoms with Crippen molar-refractivity contribution in [3.63, 3.8) is 0 Å². The molecule has 3 heteroatoms. The van der Waals surface area contributed by atoms with Gasteiger partial charge in [0.15, 0.2) is 0 Å². The van der Waals surface area contributed by atoms with Gasteiger partial charge in [-0.2, -0.15) is 0 Å². The summed E-state index contributed by atoms with van der Waals surface area (Å²) in [4.78, 5) is 13.8. The lowest BCUT2D eigenvalue weighted by atomic mass is 9.70. The van der Waals surface area contributed by atoms with E-state index in [1.807, 2.05) is 4.57 Å². The maximum atomic E-state index is 13.8. The molecule has 0 bridgehead atoms. The van der Waals surface area contributed by atoms with E-state index < -0.39 is 0 Å². The van der Waals surface area contributed by atoms with E-state index in [0.29, 0.717) is 6.54 Å². The molecule has 210 valence electrons. The molecule has 1 N–H and O–H groups in total. The number of rotatable bonds is 22. The summed E-state index contributed by atoms with van der Waals surface area (Å²) in [5.41, 5.74) is 2.44. The quantitative estimate of drug-likeness (QED) is 0.160. The van der Waals surface area contributed by atoms with Crippen LogP contribution in [0.15, 0.2) is 17.1 Å². The van der Waals surface area contributed by atoms with Gasteiger partial charge < -0.3 is 9.67 Å². The molecule has 0 spiro atoms. The van der Waals surface area contributed by atoms with Gasteiger partial charge in [0.1, 0.15) is 0 Å². The predicted octanol–water partition coefficient (Wildman–Crippen LogP) is 9.46. The molecule has 1 unspecified atom stereocenters. The molecule has 0 fully saturated rings. The summed E-state index contributed by atoms with van der Waals surface area (Å²) in [7, 11) is 0. The average Bonchev–Trinajstić information content (AvgIpc) is 2.87. The number of nitrogens with zero attached hydrogens (tertiary/aromatic N) is 1. The van der Waals surface area contributed by atoms with Crippen molar-refractivity contribution >= 4 is 0 Å². The Morgan fingerprint density at radius 2 is 1.11 bits per heavy atom. The molecule has 3 nitrogen and oxygen atoms in total. The van der Waals surface area contributed by atoms with Crippen LogP contribution in [0, 0.1) is 0 Å². The van der Waals surface area contributed by atoms with E-state index >= 15 is 0 Å². The van der Waals surface area contributed by atoms with E-state index in [2.05, 4.69) is 53.8 Å². The van der Waals surface area contributed by atoms with Gasteiger partial charge in [0, 0.05) is 18.3 Å².